The van der Waals surface area contributed by atoms with E-state index in [9.17, 15) is 9.59 Å². The van der Waals surface area contributed by atoms with E-state index in [-0.39, 0.29) is 24.4 Å². The molecule has 1 amide bonds. The summed E-state index contributed by atoms with van der Waals surface area (Å²) in [4.78, 5) is 23.0. The van der Waals surface area contributed by atoms with Crippen molar-refractivity contribution in [2.24, 2.45) is 0 Å². The molecule has 3 rings (SSSR count). The number of halogens is 1. The van der Waals surface area contributed by atoms with Crippen LogP contribution in [0.25, 0.3) is 0 Å². The molecular formula is C18H18BrN5O3. The summed E-state index contributed by atoms with van der Waals surface area (Å²) in [5.41, 5.74) is 2.40. The van der Waals surface area contributed by atoms with E-state index in [0.717, 1.165) is 5.56 Å². The molecule has 140 valence electrons. The Morgan fingerprint density at radius 2 is 1.93 bits per heavy atom. The number of hydrogen-bond acceptors (Lipinski definition) is 4. The molecule has 0 fully saturated rings. The third-order valence-electron chi connectivity index (χ3n) is 3.89. The number of rotatable bonds is 7. The number of carbonyl (C=O) groups excluding carboxylic acids is 1. The molecule has 0 unspecified atom stereocenters. The third kappa shape index (κ3) is 5.04. The van der Waals surface area contributed by atoms with Crippen molar-refractivity contribution in [3.8, 4) is 0 Å². The monoisotopic (exact) mass is 431 g/mol. The molecule has 2 heterocycles. The number of aromatic nitrogens is 4. The summed E-state index contributed by atoms with van der Waals surface area (Å²) in [7, 11) is 0. The Bertz CT molecular complexity index is 962. The standard InChI is InChI=1S/C18H18BrN5O3/c1-12-2-4-13(5-3-12)9-24-11-15(19)17(22-24)21-16(25)6-7-23-10-14(8-20-23)18(26)27/h2-5,8,10-11H,6-7,9H2,1H3,(H,26,27)(H,21,22,25). The lowest BCUT2D eigenvalue weighted by Crippen LogP contribution is -2.15. The van der Waals surface area contributed by atoms with E-state index < -0.39 is 5.97 Å². The topological polar surface area (TPSA) is 102 Å². The normalized spacial score (nSPS) is 10.7. The van der Waals surface area contributed by atoms with Crippen molar-refractivity contribution >= 4 is 33.6 Å². The molecule has 0 spiro atoms. The number of nitrogens with zero attached hydrogens (tertiary/aromatic N) is 4. The molecule has 0 aliphatic carbocycles. The Morgan fingerprint density at radius 3 is 2.59 bits per heavy atom. The third-order valence-corrected chi connectivity index (χ3v) is 4.47. The van der Waals surface area contributed by atoms with Crippen molar-refractivity contribution in [2.45, 2.75) is 26.4 Å². The van der Waals surface area contributed by atoms with Gasteiger partial charge in [-0.3, -0.25) is 14.2 Å². The van der Waals surface area contributed by atoms with Crippen LogP contribution in [0.1, 0.15) is 27.9 Å². The smallest absolute Gasteiger partial charge is 0.338 e. The minimum atomic E-state index is -1.05. The number of anilines is 1. The van der Waals surface area contributed by atoms with E-state index in [4.69, 9.17) is 5.11 Å². The van der Waals surface area contributed by atoms with Crippen LogP contribution < -0.4 is 5.32 Å². The van der Waals surface area contributed by atoms with E-state index in [1.807, 2.05) is 37.4 Å². The molecule has 1 aromatic carbocycles. The van der Waals surface area contributed by atoms with Gasteiger partial charge in [0.05, 0.1) is 22.8 Å². The van der Waals surface area contributed by atoms with E-state index in [2.05, 4.69) is 31.4 Å². The Balaban J connectivity index is 1.56. The van der Waals surface area contributed by atoms with E-state index in [0.29, 0.717) is 16.8 Å². The number of aromatic carboxylic acids is 1. The van der Waals surface area contributed by atoms with Gasteiger partial charge in [0.15, 0.2) is 5.82 Å². The van der Waals surface area contributed by atoms with Crippen LogP contribution >= 0.6 is 15.9 Å². The maximum atomic E-state index is 12.1. The highest BCUT2D eigenvalue weighted by atomic mass is 79.9. The number of carboxylic acid groups (broad SMARTS) is 1. The van der Waals surface area contributed by atoms with Gasteiger partial charge in [-0.25, -0.2) is 4.79 Å². The average Bonchev–Trinajstić information content (AvgIpc) is 3.22. The molecule has 0 aliphatic rings. The van der Waals surface area contributed by atoms with Gasteiger partial charge in [0, 0.05) is 25.4 Å². The first-order valence-electron chi connectivity index (χ1n) is 8.25. The fourth-order valence-corrected chi connectivity index (χ4v) is 2.87. The van der Waals surface area contributed by atoms with Gasteiger partial charge >= 0.3 is 5.97 Å². The zero-order valence-electron chi connectivity index (χ0n) is 14.6. The van der Waals surface area contributed by atoms with Gasteiger partial charge in [-0.1, -0.05) is 29.8 Å². The highest BCUT2D eigenvalue weighted by Crippen LogP contribution is 2.21. The Morgan fingerprint density at radius 1 is 1.19 bits per heavy atom. The van der Waals surface area contributed by atoms with Crippen LogP contribution in [-0.2, 0) is 17.9 Å². The number of carbonyl (C=O) groups is 2. The van der Waals surface area contributed by atoms with Gasteiger partial charge in [-0.05, 0) is 28.4 Å². The largest absolute Gasteiger partial charge is 0.478 e. The number of amides is 1. The van der Waals surface area contributed by atoms with Gasteiger partial charge in [0.2, 0.25) is 5.91 Å². The second-order valence-electron chi connectivity index (χ2n) is 6.10. The highest BCUT2D eigenvalue weighted by molar-refractivity contribution is 9.10. The molecule has 27 heavy (non-hydrogen) atoms. The van der Waals surface area contributed by atoms with Gasteiger partial charge in [-0.15, -0.1) is 0 Å². The fraction of sp³-hybridized carbons (Fsp3) is 0.222. The summed E-state index contributed by atoms with van der Waals surface area (Å²) in [5.74, 6) is -0.837. The minimum Gasteiger partial charge on any atom is -0.478 e. The Kier molecular flexibility index (Phi) is 5.70. The fourth-order valence-electron chi connectivity index (χ4n) is 2.45. The number of nitrogens with one attached hydrogen (secondary N) is 1. The lowest BCUT2D eigenvalue weighted by molar-refractivity contribution is -0.116. The first-order chi connectivity index (χ1) is 12.9. The molecule has 0 saturated heterocycles. The van der Waals surface area contributed by atoms with Crippen LogP contribution in [0, 0.1) is 6.92 Å². The van der Waals surface area contributed by atoms with E-state index in [1.54, 1.807) is 4.68 Å². The summed E-state index contributed by atoms with van der Waals surface area (Å²) >= 11 is 3.41. The maximum Gasteiger partial charge on any atom is 0.338 e. The number of carboxylic acids is 1. The molecule has 0 radical (unpaired) electrons. The Hall–Kier alpha value is -2.94. The van der Waals surface area contributed by atoms with Gasteiger partial charge in [0.25, 0.3) is 0 Å². The second kappa shape index (κ2) is 8.17. The van der Waals surface area contributed by atoms with Crippen LogP contribution in [0.15, 0.2) is 47.3 Å². The van der Waals surface area contributed by atoms with Crippen LogP contribution in [0.4, 0.5) is 5.82 Å². The van der Waals surface area contributed by atoms with Crippen LogP contribution in [0.5, 0.6) is 0 Å². The first-order valence-corrected chi connectivity index (χ1v) is 9.04. The lowest BCUT2D eigenvalue weighted by Gasteiger charge is -2.04. The summed E-state index contributed by atoms with van der Waals surface area (Å²) < 4.78 is 3.86. The molecule has 0 saturated carbocycles. The second-order valence-corrected chi connectivity index (χ2v) is 6.96. The first kappa shape index (κ1) is 18.8. The molecule has 9 heteroatoms. The van der Waals surface area contributed by atoms with Crippen LogP contribution in [0.3, 0.4) is 0 Å². The molecule has 8 nitrogen and oxygen atoms in total. The molecule has 0 atom stereocenters. The van der Waals surface area contributed by atoms with Gasteiger partial charge in [0.1, 0.15) is 0 Å². The number of benzene rings is 1. The predicted octanol–water partition coefficient (Wildman–Crippen LogP) is 2.93. The molecular weight excluding hydrogens is 414 g/mol. The van der Waals surface area contributed by atoms with Crippen molar-refractivity contribution in [2.75, 3.05) is 5.32 Å². The van der Waals surface area contributed by atoms with Crippen molar-refractivity contribution in [3.63, 3.8) is 0 Å². The number of aryl methyl sites for hydroxylation is 2. The zero-order valence-corrected chi connectivity index (χ0v) is 16.2. The Labute approximate surface area is 163 Å². The average molecular weight is 432 g/mol. The van der Waals surface area contributed by atoms with E-state index in [1.165, 1.54) is 22.6 Å². The number of hydrogen-bond donors (Lipinski definition) is 2. The molecule has 0 aliphatic heterocycles. The SMILES string of the molecule is Cc1ccc(Cn2cc(Br)c(NC(=O)CCn3cc(C(=O)O)cn3)n2)cc1. The van der Waals surface area contributed by atoms with Crippen molar-refractivity contribution in [1.29, 1.82) is 0 Å². The van der Waals surface area contributed by atoms with E-state index >= 15 is 0 Å². The molecule has 2 N–H and O–H groups in total. The zero-order chi connectivity index (χ0) is 19.4. The quantitative estimate of drug-likeness (QED) is 0.598. The van der Waals surface area contributed by atoms with Gasteiger partial charge in [-0.2, -0.15) is 10.2 Å². The van der Waals surface area contributed by atoms with Crippen molar-refractivity contribution in [1.82, 2.24) is 19.6 Å². The summed E-state index contributed by atoms with van der Waals surface area (Å²) in [6.45, 7) is 2.91. The van der Waals surface area contributed by atoms with Crippen molar-refractivity contribution < 1.29 is 14.7 Å². The molecule has 2 aromatic heterocycles. The summed E-state index contributed by atoms with van der Waals surface area (Å²) in [6.07, 6.45) is 4.60. The highest BCUT2D eigenvalue weighted by Gasteiger charge is 2.12. The van der Waals surface area contributed by atoms with Crippen LogP contribution in [-0.4, -0.2) is 36.5 Å². The summed E-state index contributed by atoms with van der Waals surface area (Å²) in [6, 6.07) is 8.17. The molecule has 0 bridgehead atoms. The maximum absolute atomic E-state index is 12.1. The summed E-state index contributed by atoms with van der Waals surface area (Å²) in [5, 5.41) is 19.9. The minimum absolute atomic E-state index is 0.0907. The molecule has 3 aromatic rings. The van der Waals surface area contributed by atoms with Crippen molar-refractivity contribution in [3.05, 3.63) is 64.0 Å². The van der Waals surface area contributed by atoms with Gasteiger partial charge < -0.3 is 10.4 Å². The predicted molar refractivity (Wildman–Crippen MR) is 103 cm³/mol. The lowest BCUT2D eigenvalue weighted by atomic mass is 10.1. The van der Waals surface area contributed by atoms with Crippen LogP contribution in [0.2, 0.25) is 0 Å².